The van der Waals surface area contributed by atoms with Crippen LogP contribution in [0.2, 0.25) is 0 Å². The number of thiophene rings is 1. The van der Waals surface area contributed by atoms with Gasteiger partial charge >= 0.3 is 5.97 Å². The predicted octanol–water partition coefficient (Wildman–Crippen LogP) is 4.85. The van der Waals surface area contributed by atoms with Crippen molar-refractivity contribution in [3.63, 3.8) is 0 Å². The summed E-state index contributed by atoms with van der Waals surface area (Å²) in [5.74, 6) is -0.876. The second kappa shape index (κ2) is 7.32. The van der Waals surface area contributed by atoms with E-state index in [1.165, 1.54) is 17.4 Å². The number of hydrogen-bond donors (Lipinski definition) is 1. The molecule has 0 radical (unpaired) electrons. The molecule has 2 aromatic carbocycles. The van der Waals surface area contributed by atoms with Crippen LogP contribution in [0.1, 0.15) is 27.6 Å². The second-order valence-electron chi connectivity index (χ2n) is 6.35. The lowest BCUT2D eigenvalue weighted by molar-refractivity contribution is -0.135. The van der Waals surface area contributed by atoms with Gasteiger partial charge in [0.25, 0.3) is 5.91 Å². The molecule has 27 heavy (non-hydrogen) atoms. The first-order valence-electron chi connectivity index (χ1n) is 8.53. The van der Waals surface area contributed by atoms with Crippen molar-refractivity contribution in [2.45, 2.75) is 12.3 Å². The fraction of sp³-hybridized carbons (Fsp3) is 0.143. The van der Waals surface area contributed by atoms with Crippen molar-refractivity contribution in [3.8, 4) is 5.75 Å². The standard InChI is InChI=1S/C21H16FNO3S/c22-18-5-2-1-4-15(18)16-12-17(16)21(25)26-14-9-7-13(8-10-14)23-20(24)19-6-3-11-27-19/h1-11,16-17H,12H2,(H,23,24). The van der Waals surface area contributed by atoms with Gasteiger partial charge in [0.15, 0.2) is 0 Å². The third-order valence-corrected chi connectivity index (χ3v) is 5.34. The molecule has 136 valence electrons. The number of halogens is 1. The van der Waals surface area contributed by atoms with E-state index in [-0.39, 0.29) is 29.5 Å². The summed E-state index contributed by atoms with van der Waals surface area (Å²) < 4.78 is 19.2. The van der Waals surface area contributed by atoms with Crippen LogP contribution in [0.25, 0.3) is 0 Å². The van der Waals surface area contributed by atoms with Gasteiger partial charge in [-0.25, -0.2) is 4.39 Å². The third kappa shape index (κ3) is 3.90. The van der Waals surface area contributed by atoms with E-state index in [4.69, 9.17) is 4.74 Å². The molecule has 0 bridgehead atoms. The number of carbonyl (C=O) groups is 2. The number of hydrogen-bond acceptors (Lipinski definition) is 4. The van der Waals surface area contributed by atoms with Crippen molar-refractivity contribution in [2.75, 3.05) is 5.32 Å². The molecule has 6 heteroatoms. The molecule has 2 atom stereocenters. The normalized spacial score (nSPS) is 18.0. The van der Waals surface area contributed by atoms with Crippen LogP contribution in [-0.4, -0.2) is 11.9 Å². The van der Waals surface area contributed by atoms with Gasteiger partial charge in [-0.1, -0.05) is 24.3 Å². The lowest BCUT2D eigenvalue weighted by Crippen LogP contribution is -2.12. The van der Waals surface area contributed by atoms with Crippen LogP contribution in [0.15, 0.2) is 66.0 Å². The fourth-order valence-electron chi connectivity index (χ4n) is 2.97. The molecule has 1 aliphatic rings. The Bertz CT molecular complexity index is 969. The smallest absolute Gasteiger partial charge is 0.314 e. The fourth-order valence-corrected chi connectivity index (χ4v) is 3.59. The van der Waals surface area contributed by atoms with E-state index >= 15 is 0 Å². The van der Waals surface area contributed by atoms with Gasteiger partial charge in [-0.3, -0.25) is 9.59 Å². The first-order valence-corrected chi connectivity index (χ1v) is 9.41. The van der Waals surface area contributed by atoms with Crippen LogP contribution in [0.3, 0.4) is 0 Å². The molecule has 1 heterocycles. The quantitative estimate of drug-likeness (QED) is 0.508. The average molecular weight is 381 g/mol. The van der Waals surface area contributed by atoms with Gasteiger partial charge in [0, 0.05) is 11.6 Å². The summed E-state index contributed by atoms with van der Waals surface area (Å²) in [5.41, 5.74) is 1.18. The van der Waals surface area contributed by atoms with Crippen molar-refractivity contribution < 1.29 is 18.7 Å². The maximum absolute atomic E-state index is 13.8. The van der Waals surface area contributed by atoms with Crippen LogP contribution in [0.5, 0.6) is 5.75 Å². The number of rotatable bonds is 5. The lowest BCUT2D eigenvalue weighted by atomic mass is 10.1. The molecular weight excluding hydrogens is 365 g/mol. The molecule has 1 saturated carbocycles. The van der Waals surface area contributed by atoms with Gasteiger partial charge in [0.05, 0.1) is 10.8 Å². The largest absolute Gasteiger partial charge is 0.426 e. The summed E-state index contributed by atoms with van der Waals surface area (Å²) in [4.78, 5) is 24.9. The average Bonchev–Trinajstić information content (AvgIpc) is 3.27. The Labute approximate surface area is 159 Å². The zero-order valence-electron chi connectivity index (χ0n) is 14.2. The molecule has 1 N–H and O–H groups in total. The second-order valence-corrected chi connectivity index (χ2v) is 7.29. The third-order valence-electron chi connectivity index (χ3n) is 4.47. The molecule has 1 fully saturated rings. The van der Waals surface area contributed by atoms with E-state index in [0.717, 1.165) is 0 Å². The minimum Gasteiger partial charge on any atom is -0.426 e. The van der Waals surface area contributed by atoms with Crippen molar-refractivity contribution in [3.05, 3.63) is 82.3 Å². The number of benzene rings is 2. The monoisotopic (exact) mass is 381 g/mol. The van der Waals surface area contributed by atoms with Gasteiger partial charge in [-0.2, -0.15) is 0 Å². The van der Waals surface area contributed by atoms with Crippen LogP contribution in [0, 0.1) is 11.7 Å². The van der Waals surface area contributed by atoms with Crippen LogP contribution in [-0.2, 0) is 4.79 Å². The summed E-state index contributed by atoms with van der Waals surface area (Å²) in [7, 11) is 0. The molecule has 0 saturated heterocycles. The molecule has 2 unspecified atom stereocenters. The number of nitrogens with one attached hydrogen (secondary N) is 1. The summed E-state index contributed by atoms with van der Waals surface area (Å²) in [5, 5.41) is 4.62. The van der Waals surface area contributed by atoms with Gasteiger partial charge in [0.1, 0.15) is 11.6 Å². The Balaban J connectivity index is 1.34. The van der Waals surface area contributed by atoms with E-state index in [1.807, 2.05) is 11.4 Å². The number of esters is 1. The van der Waals surface area contributed by atoms with Gasteiger partial charge in [0.2, 0.25) is 0 Å². The molecule has 1 aliphatic carbocycles. The van der Waals surface area contributed by atoms with Crippen molar-refractivity contribution in [1.82, 2.24) is 0 Å². The van der Waals surface area contributed by atoms with E-state index in [2.05, 4.69) is 5.32 Å². The highest BCUT2D eigenvalue weighted by atomic mass is 32.1. The predicted molar refractivity (Wildman–Crippen MR) is 102 cm³/mol. The highest BCUT2D eigenvalue weighted by molar-refractivity contribution is 7.12. The van der Waals surface area contributed by atoms with Gasteiger partial charge < -0.3 is 10.1 Å². The Kier molecular flexibility index (Phi) is 4.73. The zero-order valence-corrected chi connectivity index (χ0v) is 15.0. The first-order chi connectivity index (χ1) is 13.1. The maximum atomic E-state index is 13.8. The maximum Gasteiger partial charge on any atom is 0.314 e. The molecule has 4 rings (SSSR count). The van der Waals surface area contributed by atoms with Crippen molar-refractivity contribution in [2.24, 2.45) is 5.92 Å². The number of ether oxygens (including phenoxy) is 1. The Hall–Kier alpha value is -2.99. The summed E-state index contributed by atoms with van der Waals surface area (Å²) in [6.07, 6.45) is 0.592. The molecule has 1 aromatic heterocycles. The van der Waals surface area contributed by atoms with Crippen molar-refractivity contribution in [1.29, 1.82) is 0 Å². The number of amides is 1. The molecule has 3 aromatic rings. The molecule has 4 nitrogen and oxygen atoms in total. The van der Waals surface area contributed by atoms with Crippen molar-refractivity contribution >= 4 is 28.9 Å². The summed E-state index contributed by atoms with van der Waals surface area (Å²) in [6, 6.07) is 16.7. The Morgan fingerprint density at radius 1 is 1.04 bits per heavy atom. The SMILES string of the molecule is O=C(Nc1ccc(OC(=O)C2CC2c2ccccc2F)cc1)c1cccs1. The molecule has 1 amide bonds. The van der Waals surface area contributed by atoms with Gasteiger partial charge in [-0.05, 0) is 53.8 Å². The van der Waals surface area contributed by atoms with E-state index in [1.54, 1.807) is 48.5 Å². The first kappa shape index (κ1) is 17.4. The summed E-state index contributed by atoms with van der Waals surface area (Å²) in [6.45, 7) is 0. The molecular formula is C21H16FNO3S. The van der Waals surface area contributed by atoms with Crippen LogP contribution >= 0.6 is 11.3 Å². The van der Waals surface area contributed by atoms with E-state index in [0.29, 0.717) is 28.3 Å². The lowest BCUT2D eigenvalue weighted by Gasteiger charge is -2.07. The minimum absolute atomic E-state index is 0.122. The summed E-state index contributed by atoms with van der Waals surface area (Å²) >= 11 is 1.36. The zero-order chi connectivity index (χ0) is 18.8. The Morgan fingerprint density at radius 2 is 1.81 bits per heavy atom. The van der Waals surface area contributed by atoms with Crippen LogP contribution in [0.4, 0.5) is 10.1 Å². The molecule has 0 aliphatic heterocycles. The van der Waals surface area contributed by atoms with E-state index < -0.39 is 0 Å². The Morgan fingerprint density at radius 3 is 2.52 bits per heavy atom. The van der Waals surface area contributed by atoms with Crippen LogP contribution < -0.4 is 10.1 Å². The number of anilines is 1. The van der Waals surface area contributed by atoms with E-state index in [9.17, 15) is 14.0 Å². The minimum atomic E-state index is -0.362. The topological polar surface area (TPSA) is 55.4 Å². The van der Waals surface area contributed by atoms with Gasteiger partial charge in [-0.15, -0.1) is 11.3 Å². The number of carbonyl (C=O) groups excluding carboxylic acids is 2. The molecule has 0 spiro atoms. The highest BCUT2D eigenvalue weighted by Crippen LogP contribution is 2.48. The highest BCUT2D eigenvalue weighted by Gasteiger charge is 2.46.